The fraction of sp³-hybridized carbons (Fsp3) is 0.115. The van der Waals surface area contributed by atoms with Gasteiger partial charge in [0.15, 0.2) is 6.61 Å². The Morgan fingerprint density at radius 1 is 1.09 bits per heavy atom. The summed E-state index contributed by atoms with van der Waals surface area (Å²) in [6.07, 6.45) is 1.60. The summed E-state index contributed by atoms with van der Waals surface area (Å²) in [5, 5.41) is 2.48. The van der Waals surface area contributed by atoms with Crippen molar-refractivity contribution in [2.45, 2.75) is 13.5 Å². The van der Waals surface area contributed by atoms with Crippen molar-refractivity contribution in [1.82, 2.24) is 4.90 Å². The van der Waals surface area contributed by atoms with E-state index < -0.39 is 17.0 Å². The Bertz CT molecular complexity index is 1310. The zero-order valence-corrected chi connectivity index (χ0v) is 20.2. The Kier molecular flexibility index (Phi) is 7.53. The monoisotopic (exact) mass is 510 g/mol. The predicted octanol–water partition coefficient (Wildman–Crippen LogP) is 6.04. The van der Waals surface area contributed by atoms with Gasteiger partial charge in [0, 0.05) is 10.7 Å². The van der Waals surface area contributed by atoms with E-state index >= 15 is 0 Å². The second kappa shape index (κ2) is 10.8. The minimum atomic E-state index is -0.493. The molecule has 0 aliphatic carbocycles. The van der Waals surface area contributed by atoms with Crippen LogP contribution >= 0.6 is 23.4 Å². The van der Waals surface area contributed by atoms with Gasteiger partial charge in [0.2, 0.25) is 0 Å². The number of imide groups is 1. The van der Waals surface area contributed by atoms with Gasteiger partial charge in [0.1, 0.15) is 11.6 Å². The van der Waals surface area contributed by atoms with Crippen molar-refractivity contribution < 1.29 is 23.5 Å². The highest BCUT2D eigenvalue weighted by Gasteiger charge is 2.35. The molecule has 0 unspecified atom stereocenters. The average molecular weight is 511 g/mol. The van der Waals surface area contributed by atoms with Crippen molar-refractivity contribution in [3.63, 3.8) is 0 Å². The van der Waals surface area contributed by atoms with Gasteiger partial charge in [-0.25, -0.2) is 4.39 Å². The van der Waals surface area contributed by atoms with Crippen LogP contribution in [0.25, 0.3) is 6.08 Å². The standard InChI is InChI=1S/C26H20ClFN2O4S/c1-16-2-8-20(9-3-16)29-24(31)15-34-21-10-4-17(5-11-21)12-23-25(32)30(26(33)35-23)14-18-6-7-19(28)13-22(18)27/h2-13H,14-15H2,1H3,(H,29,31)/b23-12+. The van der Waals surface area contributed by atoms with Gasteiger partial charge in [-0.1, -0.05) is 47.5 Å². The first-order valence-electron chi connectivity index (χ1n) is 10.6. The van der Waals surface area contributed by atoms with Crippen LogP contribution in [0.15, 0.2) is 71.6 Å². The van der Waals surface area contributed by atoms with Gasteiger partial charge in [0.05, 0.1) is 11.4 Å². The van der Waals surface area contributed by atoms with E-state index in [1.165, 1.54) is 12.1 Å². The first-order valence-corrected chi connectivity index (χ1v) is 11.8. The topological polar surface area (TPSA) is 75.7 Å². The number of amides is 3. The number of ether oxygens (including phenoxy) is 1. The lowest BCUT2D eigenvalue weighted by atomic mass is 10.2. The summed E-state index contributed by atoms with van der Waals surface area (Å²) in [4.78, 5) is 38.5. The molecule has 1 fully saturated rings. The summed E-state index contributed by atoms with van der Waals surface area (Å²) in [6, 6.07) is 18.1. The lowest BCUT2D eigenvalue weighted by Crippen LogP contribution is -2.27. The molecular formula is C26H20ClFN2O4S. The smallest absolute Gasteiger partial charge is 0.293 e. The third-order valence-corrected chi connectivity index (χ3v) is 6.36. The Hall–Kier alpha value is -3.62. The lowest BCUT2D eigenvalue weighted by molar-refractivity contribution is -0.123. The molecule has 9 heteroatoms. The van der Waals surface area contributed by atoms with E-state index in [1.54, 1.807) is 30.3 Å². The molecule has 0 aromatic heterocycles. The van der Waals surface area contributed by atoms with Gasteiger partial charge in [0.25, 0.3) is 17.1 Å². The molecule has 3 aromatic rings. The number of nitrogens with one attached hydrogen (secondary N) is 1. The maximum Gasteiger partial charge on any atom is 0.293 e. The molecular weight excluding hydrogens is 491 g/mol. The average Bonchev–Trinajstić information content (AvgIpc) is 3.09. The van der Waals surface area contributed by atoms with Gasteiger partial charge in [-0.3, -0.25) is 19.3 Å². The van der Waals surface area contributed by atoms with E-state index in [1.807, 2.05) is 31.2 Å². The van der Waals surface area contributed by atoms with Crippen LogP contribution in [0.1, 0.15) is 16.7 Å². The molecule has 3 amide bonds. The van der Waals surface area contributed by atoms with Crippen LogP contribution < -0.4 is 10.1 Å². The molecule has 1 aliphatic rings. The maximum absolute atomic E-state index is 13.3. The van der Waals surface area contributed by atoms with E-state index in [2.05, 4.69) is 5.32 Å². The molecule has 0 radical (unpaired) electrons. The van der Waals surface area contributed by atoms with Crippen LogP contribution in [0, 0.1) is 12.7 Å². The van der Waals surface area contributed by atoms with Gasteiger partial charge < -0.3 is 10.1 Å². The number of aryl methyl sites for hydroxylation is 1. The Labute approximate surface area is 210 Å². The number of halogens is 2. The molecule has 0 atom stereocenters. The van der Waals surface area contributed by atoms with Crippen LogP contribution in [-0.2, 0) is 16.1 Å². The predicted molar refractivity (Wildman–Crippen MR) is 135 cm³/mol. The van der Waals surface area contributed by atoms with Crippen molar-refractivity contribution in [3.05, 3.63) is 99.2 Å². The highest BCUT2D eigenvalue weighted by atomic mass is 35.5. The SMILES string of the molecule is Cc1ccc(NC(=O)COc2ccc(/C=C3/SC(=O)N(Cc4ccc(F)cc4Cl)C3=O)cc2)cc1. The van der Waals surface area contributed by atoms with Crippen molar-refractivity contribution in [1.29, 1.82) is 0 Å². The molecule has 1 saturated heterocycles. The fourth-order valence-corrected chi connectivity index (χ4v) is 4.32. The Morgan fingerprint density at radius 3 is 2.49 bits per heavy atom. The summed E-state index contributed by atoms with van der Waals surface area (Å²) in [5.74, 6) is -0.742. The molecule has 4 rings (SSSR count). The molecule has 6 nitrogen and oxygen atoms in total. The Balaban J connectivity index is 1.34. The second-order valence-electron chi connectivity index (χ2n) is 7.78. The number of nitrogens with zero attached hydrogens (tertiary/aromatic N) is 1. The minimum absolute atomic E-state index is 0.0431. The van der Waals surface area contributed by atoms with Crippen LogP contribution in [0.4, 0.5) is 14.9 Å². The molecule has 35 heavy (non-hydrogen) atoms. The normalized spacial score (nSPS) is 14.5. The molecule has 0 bridgehead atoms. The molecule has 1 heterocycles. The van der Waals surface area contributed by atoms with E-state index in [4.69, 9.17) is 16.3 Å². The van der Waals surface area contributed by atoms with E-state index in [0.717, 1.165) is 28.3 Å². The highest BCUT2D eigenvalue weighted by molar-refractivity contribution is 8.18. The summed E-state index contributed by atoms with van der Waals surface area (Å²) in [7, 11) is 0. The van der Waals surface area contributed by atoms with Crippen LogP contribution in [-0.4, -0.2) is 28.6 Å². The second-order valence-corrected chi connectivity index (χ2v) is 9.18. The summed E-state index contributed by atoms with van der Waals surface area (Å²) < 4.78 is 18.8. The first-order chi connectivity index (χ1) is 16.8. The minimum Gasteiger partial charge on any atom is -0.484 e. The quantitative estimate of drug-likeness (QED) is 0.392. The number of anilines is 1. The van der Waals surface area contributed by atoms with Crippen molar-refractivity contribution in [2.75, 3.05) is 11.9 Å². The number of carbonyl (C=O) groups excluding carboxylic acids is 3. The number of thioether (sulfide) groups is 1. The maximum atomic E-state index is 13.3. The van der Waals surface area contributed by atoms with Crippen molar-refractivity contribution in [2.24, 2.45) is 0 Å². The molecule has 3 aromatic carbocycles. The van der Waals surface area contributed by atoms with Gasteiger partial charge >= 0.3 is 0 Å². The molecule has 0 saturated carbocycles. The number of benzene rings is 3. The number of rotatable bonds is 7. The van der Waals surface area contributed by atoms with Gasteiger partial charge in [-0.15, -0.1) is 0 Å². The van der Waals surface area contributed by atoms with E-state index in [-0.39, 0.29) is 29.0 Å². The van der Waals surface area contributed by atoms with Gasteiger partial charge in [-0.05, 0) is 72.3 Å². The van der Waals surface area contributed by atoms with Crippen molar-refractivity contribution in [3.8, 4) is 5.75 Å². The highest BCUT2D eigenvalue weighted by Crippen LogP contribution is 2.34. The van der Waals surface area contributed by atoms with Crippen LogP contribution in [0.3, 0.4) is 0 Å². The number of hydrogen-bond donors (Lipinski definition) is 1. The third kappa shape index (κ3) is 6.29. The first kappa shape index (κ1) is 24.5. The summed E-state index contributed by atoms with van der Waals surface area (Å²) >= 11 is 6.85. The fourth-order valence-electron chi connectivity index (χ4n) is 3.25. The number of carbonyl (C=O) groups is 3. The zero-order chi connectivity index (χ0) is 24.9. The summed E-state index contributed by atoms with van der Waals surface area (Å²) in [5.41, 5.74) is 2.95. The summed E-state index contributed by atoms with van der Waals surface area (Å²) in [6.45, 7) is 1.77. The largest absolute Gasteiger partial charge is 0.484 e. The van der Waals surface area contributed by atoms with Crippen LogP contribution in [0.2, 0.25) is 5.02 Å². The zero-order valence-electron chi connectivity index (χ0n) is 18.6. The molecule has 1 aliphatic heterocycles. The van der Waals surface area contributed by atoms with Crippen LogP contribution in [0.5, 0.6) is 5.75 Å². The molecule has 178 valence electrons. The molecule has 0 spiro atoms. The molecule has 1 N–H and O–H groups in total. The third-order valence-electron chi connectivity index (χ3n) is 5.10. The van der Waals surface area contributed by atoms with E-state index in [9.17, 15) is 18.8 Å². The van der Waals surface area contributed by atoms with E-state index in [0.29, 0.717) is 22.6 Å². The lowest BCUT2D eigenvalue weighted by Gasteiger charge is -2.13. The number of hydrogen-bond acceptors (Lipinski definition) is 5. The Morgan fingerprint density at radius 2 is 1.80 bits per heavy atom. The van der Waals surface area contributed by atoms with Crippen molar-refractivity contribution >= 4 is 52.2 Å². The van der Waals surface area contributed by atoms with Gasteiger partial charge in [-0.2, -0.15) is 0 Å².